The smallest absolute Gasteiger partial charge is 0.256 e. The van der Waals surface area contributed by atoms with Crippen molar-refractivity contribution in [3.63, 3.8) is 0 Å². The molecule has 0 saturated carbocycles. The molecule has 1 fully saturated rings. The lowest BCUT2D eigenvalue weighted by molar-refractivity contribution is -0.135. The highest BCUT2D eigenvalue weighted by Gasteiger charge is 2.24. The van der Waals surface area contributed by atoms with E-state index in [1.807, 2.05) is 18.2 Å². The zero-order valence-corrected chi connectivity index (χ0v) is 17.7. The number of aromatic nitrogens is 5. The van der Waals surface area contributed by atoms with Gasteiger partial charge < -0.3 is 20.4 Å². The van der Waals surface area contributed by atoms with Gasteiger partial charge in [-0.1, -0.05) is 6.07 Å². The van der Waals surface area contributed by atoms with Gasteiger partial charge in [-0.3, -0.25) is 9.89 Å². The molecule has 3 aromatic heterocycles. The highest BCUT2D eigenvalue weighted by atomic mass is 19.3. The molecule has 9 nitrogen and oxygen atoms in total. The maximum Gasteiger partial charge on any atom is 0.256 e. The Morgan fingerprint density at radius 2 is 2.18 bits per heavy atom. The van der Waals surface area contributed by atoms with Crippen molar-refractivity contribution in [1.82, 2.24) is 30.0 Å². The highest BCUT2D eigenvalue weighted by Crippen LogP contribution is 2.32. The van der Waals surface area contributed by atoms with Crippen LogP contribution < -0.4 is 11.1 Å². The highest BCUT2D eigenvalue weighted by molar-refractivity contribution is 6.07. The van der Waals surface area contributed by atoms with Gasteiger partial charge in [-0.15, -0.1) is 0 Å². The number of nitrogen functional groups attached to an aromatic ring is 1. The Morgan fingerprint density at radius 1 is 1.30 bits per heavy atom. The summed E-state index contributed by atoms with van der Waals surface area (Å²) in [5.74, 6) is 0.143. The first kappa shape index (κ1) is 21.3. The molecule has 33 heavy (non-hydrogen) atoms. The normalized spacial score (nSPS) is 16.6. The molecule has 0 aliphatic carbocycles. The number of imidazole rings is 1. The molecule has 1 unspecified atom stereocenters. The van der Waals surface area contributed by atoms with Gasteiger partial charge >= 0.3 is 0 Å². The number of H-pyrrole nitrogens is 1. The number of aromatic amines is 1. The third-order valence-corrected chi connectivity index (χ3v) is 5.79. The Labute approximate surface area is 187 Å². The number of hydrogen-bond acceptors (Lipinski definition) is 6. The van der Waals surface area contributed by atoms with E-state index in [1.165, 1.54) is 4.57 Å². The predicted molar refractivity (Wildman–Crippen MR) is 118 cm³/mol. The van der Waals surface area contributed by atoms with E-state index in [2.05, 4.69) is 25.5 Å². The molecule has 1 atom stereocenters. The number of benzene rings is 1. The summed E-state index contributed by atoms with van der Waals surface area (Å²) >= 11 is 0. The molecule has 1 aliphatic heterocycles. The number of fused-ring (bicyclic) bond motifs is 3. The van der Waals surface area contributed by atoms with Gasteiger partial charge in [-0.25, -0.2) is 18.7 Å². The van der Waals surface area contributed by atoms with Crippen molar-refractivity contribution in [2.45, 2.75) is 44.9 Å². The Balaban J connectivity index is 1.55. The van der Waals surface area contributed by atoms with Crippen molar-refractivity contribution >= 4 is 33.7 Å². The molecule has 5 rings (SSSR count). The third-order valence-electron chi connectivity index (χ3n) is 5.79. The Hall–Kier alpha value is -3.60. The molecular weight excluding hydrogens is 432 g/mol. The number of nitrogens with zero attached hydrogens (tertiary/aromatic N) is 4. The molecule has 4 heterocycles. The molecule has 11 heteroatoms. The average Bonchev–Trinajstić information content (AvgIpc) is 3.47. The van der Waals surface area contributed by atoms with E-state index in [0.29, 0.717) is 35.0 Å². The molecule has 0 spiro atoms. The van der Waals surface area contributed by atoms with E-state index in [1.54, 1.807) is 12.3 Å². The average molecular weight is 455 g/mol. The number of anilines is 1. The molecule has 0 radical (unpaired) electrons. The summed E-state index contributed by atoms with van der Waals surface area (Å²) in [5.41, 5.74) is 9.05. The molecule has 172 valence electrons. The Morgan fingerprint density at radius 3 is 2.91 bits per heavy atom. The number of pyridine rings is 1. The quantitative estimate of drug-likeness (QED) is 0.411. The summed E-state index contributed by atoms with van der Waals surface area (Å²) in [6.45, 7) is -0.0654. The van der Waals surface area contributed by atoms with Crippen LogP contribution in [0.1, 0.15) is 25.1 Å². The topological polar surface area (TPSA) is 124 Å². The van der Waals surface area contributed by atoms with Gasteiger partial charge in [0.2, 0.25) is 5.91 Å². The summed E-state index contributed by atoms with van der Waals surface area (Å²) in [5, 5.41) is 10.3. The van der Waals surface area contributed by atoms with E-state index in [4.69, 9.17) is 10.5 Å². The van der Waals surface area contributed by atoms with Crippen LogP contribution in [0.5, 0.6) is 0 Å². The summed E-state index contributed by atoms with van der Waals surface area (Å²) in [6, 6.07) is 7.27. The van der Waals surface area contributed by atoms with Crippen LogP contribution in [0.15, 0.2) is 30.5 Å². The first-order valence-electron chi connectivity index (χ1n) is 10.8. The lowest BCUT2D eigenvalue weighted by atomic mass is 10.1. The molecule has 4 N–H and O–H groups in total. The van der Waals surface area contributed by atoms with Gasteiger partial charge in [-0.05, 0) is 37.5 Å². The number of alkyl halides is 2. The van der Waals surface area contributed by atoms with Crippen LogP contribution in [-0.4, -0.2) is 49.8 Å². The van der Waals surface area contributed by atoms with Gasteiger partial charge in [-0.2, -0.15) is 5.10 Å². The Bertz CT molecular complexity index is 1300. The fraction of sp³-hybridized carbons (Fsp3) is 0.364. The monoisotopic (exact) mass is 455 g/mol. The minimum atomic E-state index is -2.62. The number of carbonyl (C=O) groups excluding carboxylic acids is 1. The first-order chi connectivity index (χ1) is 16.0. The molecule has 1 aromatic carbocycles. The number of ether oxygens (including phenoxy) is 1. The zero-order chi connectivity index (χ0) is 22.9. The van der Waals surface area contributed by atoms with Gasteiger partial charge in [0.15, 0.2) is 5.82 Å². The number of nitrogens with one attached hydrogen (secondary N) is 2. The lowest BCUT2D eigenvalue weighted by Gasteiger charge is -2.21. The number of amides is 1. The Kier molecular flexibility index (Phi) is 5.63. The first-order valence-corrected chi connectivity index (χ1v) is 10.8. The predicted octanol–water partition coefficient (Wildman–Crippen LogP) is 3.01. The van der Waals surface area contributed by atoms with Crippen molar-refractivity contribution < 1.29 is 18.3 Å². The second kappa shape index (κ2) is 8.74. The minimum absolute atomic E-state index is 0.0214. The maximum atomic E-state index is 13.5. The van der Waals surface area contributed by atoms with E-state index in [9.17, 15) is 13.6 Å². The van der Waals surface area contributed by atoms with Gasteiger partial charge in [0.1, 0.15) is 17.4 Å². The zero-order valence-electron chi connectivity index (χ0n) is 17.7. The second-order valence-electron chi connectivity index (χ2n) is 7.99. The van der Waals surface area contributed by atoms with Crippen molar-refractivity contribution in [1.29, 1.82) is 0 Å². The van der Waals surface area contributed by atoms with Gasteiger partial charge in [0, 0.05) is 23.8 Å². The molecule has 4 aromatic rings. The van der Waals surface area contributed by atoms with Crippen molar-refractivity contribution in [2.75, 3.05) is 12.3 Å². The summed E-state index contributed by atoms with van der Waals surface area (Å²) in [6.07, 6.45) is 1.04. The largest absolute Gasteiger partial charge is 0.382 e. The molecule has 0 bridgehead atoms. The van der Waals surface area contributed by atoms with Gasteiger partial charge in [0.05, 0.1) is 29.8 Å². The van der Waals surface area contributed by atoms with E-state index >= 15 is 0 Å². The molecule has 1 aliphatic rings. The second-order valence-corrected chi connectivity index (χ2v) is 7.99. The SMILES string of the molecule is Nc1nc2cc(-c3cc[nH]n3)ccc2c2c1nc(CNC(=O)C1CCCCO1)n2CC(F)F. The van der Waals surface area contributed by atoms with Crippen LogP contribution in [0.4, 0.5) is 14.6 Å². The van der Waals surface area contributed by atoms with Crippen molar-refractivity contribution in [3.8, 4) is 11.3 Å². The lowest BCUT2D eigenvalue weighted by Crippen LogP contribution is -2.38. The van der Waals surface area contributed by atoms with Crippen LogP contribution >= 0.6 is 0 Å². The maximum absolute atomic E-state index is 13.5. The summed E-state index contributed by atoms with van der Waals surface area (Å²) < 4.78 is 34.0. The number of carbonyl (C=O) groups is 1. The molecular formula is C22H23F2N7O2. The minimum Gasteiger partial charge on any atom is -0.382 e. The summed E-state index contributed by atoms with van der Waals surface area (Å²) in [4.78, 5) is 21.4. The van der Waals surface area contributed by atoms with Gasteiger partial charge in [0.25, 0.3) is 6.43 Å². The number of hydrogen-bond donors (Lipinski definition) is 3. The van der Waals surface area contributed by atoms with Crippen molar-refractivity contribution in [2.24, 2.45) is 0 Å². The summed E-state index contributed by atoms with van der Waals surface area (Å²) in [7, 11) is 0. The van der Waals surface area contributed by atoms with Crippen LogP contribution in [-0.2, 0) is 22.6 Å². The molecule has 1 saturated heterocycles. The van der Waals surface area contributed by atoms with E-state index < -0.39 is 19.1 Å². The fourth-order valence-electron chi connectivity index (χ4n) is 4.24. The number of halogens is 2. The van der Waals surface area contributed by atoms with Crippen LogP contribution in [0.3, 0.4) is 0 Å². The van der Waals surface area contributed by atoms with Crippen molar-refractivity contribution in [3.05, 3.63) is 36.3 Å². The van der Waals surface area contributed by atoms with Crippen LogP contribution in [0, 0.1) is 0 Å². The standard InChI is InChI=1S/C22H23F2N7O2/c23-17(24)11-31-18(10-26-22(32)16-3-1-2-8-33-16)29-19-20(31)13-5-4-12(14-6-7-27-30-14)9-15(13)28-21(19)25/h4-7,9,16-17H,1-3,8,10-11H2,(H2,25,28)(H,26,32)(H,27,30). The molecule has 1 amide bonds. The van der Waals surface area contributed by atoms with E-state index in [0.717, 1.165) is 24.1 Å². The number of nitrogens with two attached hydrogens (primary N) is 1. The van der Waals surface area contributed by atoms with Crippen LogP contribution in [0.2, 0.25) is 0 Å². The third kappa shape index (κ3) is 4.11. The van der Waals surface area contributed by atoms with Crippen LogP contribution in [0.25, 0.3) is 33.2 Å². The number of rotatable bonds is 6. The van der Waals surface area contributed by atoms with E-state index in [-0.39, 0.29) is 24.1 Å². The fourth-order valence-corrected chi connectivity index (χ4v) is 4.24.